The second-order valence-electron chi connectivity index (χ2n) is 6.87. The predicted octanol–water partition coefficient (Wildman–Crippen LogP) is 2.68. The molecule has 2 aliphatic rings. The van der Waals surface area contributed by atoms with Crippen molar-refractivity contribution in [3.05, 3.63) is 96.1 Å². The first-order valence-corrected chi connectivity index (χ1v) is 9.28. The van der Waals surface area contributed by atoms with Crippen molar-refractivity contribution < 1.29 is 14.3 Å². The molecule has 140 valence electrons. The van der Waals surface area contributed by atoms with Crippen molar-refractivity contribution in [2.75, 3.05) is 13.2 Å². The lowest BCUT2D eigenvalue weighted by atomic mass is 9.92. The molecule has 4 heterocycles. The SMILES string of the molecule is O=C1OCCN2[C@@H]1[C@H](c1ccncc1)O[C@]2(c1ccccc1)c1ccncc1. The number of ether oxygens (including phenoxy) is 2. The molecule has 3 aromatic rings. The standard InChI is InChI=1S/C22H19N3O3/c26-21-19-20(16-6-10-23-11-7-16)28-22(25(19)14-15-27-21,17-4-2-1-3-5-17)18-8-12-24-13-9-18/h1-13,19-20H,14-15H2/t19-,20+,22-/m1/s1. The fourth-order valence-electron chi connectivity index (χ4n) is 4.23. The normalized spacial score (nSPS) is 27.2. The zero-order chi connectivity index (χ0) is 19.0. The van der Waals surface area contributed by atoms with Gasteiger partial charge in [-0.3, -0.25) is 14.8 Å². The third kappa shape index (κ3) is 2.53. The first-order valence-electron chi connectivity index (χ1n) is 9.28. The predicted molar refractivity (Wildman–Crippen MR) is 101 cm³/mol. The van der Waals surface area contributed by atoms with Crippen molar-refractivity contribution in [2.45, 2.75) is 17.9 Å². The Balaban J connectivity index is 1.73. The highest BCUT2D eigenvalue weighted by Gasteiger charge is 2.59. The van der Waals surface area contributed by atoms with Crippen molar-refractivity contribution >= 4 is 5.97 Å². The van der Waals surface area contributed by atoms with E-state index < -0.39 is 17.9 Å². The van der Waals surface area contributed by atoms with Crippen LogP contribution in [-0.2, 0) is 20.0 Å². The van der Waals surface area contributed by atoms with E-state index in [9.17, 15) is 4.79 Å². The van der Waals surface area contributed by atoms with Crippen LogP contribution in [0.4, 0.5) is 0 Å². The van der Waals surface area contributed by atoms with E-state index >= 15 is 0 Å². The van der Waals surface area contributed by atoms with Gasteiger partial charge in [0.2, 0.25) is 0 Å². The van der Waals surface area contributed by atoms with Crippen molar-refractivity contribution in [1.82, 2.24) is 14.9 Å². The molecule has 2 aliphatic heterocycles. The number of benzene rings is 1. The number of rotatable bonds is 3. The molecule has 3 atom stereocenters. The summed E-state index contributed by atoms with van der Waals surface area (Å²) in [6, 6.07) is 17.1. The zero-order valence-corrected chi connectivity index (χ0v) is 15.1. The molecule has 2 saturated heterocycles. The first-order chi connectivity index (χ1) is 13.8. The number of cyclic esters (lactones) is 1. The molecule has 0 aliphatic carbocycles. The molecule has 2 aromatic heterocycles. The quantitative estimate of drug-likeness (QED) is 0.658. The van der Waals surface area contributed by atoms with Gasteiger partial charge in [0.25, 0.3) is 0 Å². The Kier molecular flexibility index (Phi) is 4.15. The molecule has 1 aromatic carbocycles. The Bertz CT molecular complexity index is 927. The van der Waals surface area contributed by atoms with Crippen molar-refractivity contribution in [2.24, 2.45) is 0 Å². The maximum absolute atomic E-state index is 12.8. The summed E-state index contributed by atoms with van der Waals surface area (Å²) in [5.74, 6) is -0.264. The number of morpholine rings is 1. The van der Waals surface area contributed by atoms with Gasteiger partial charge in [-0.25, -0.2) is 4.90 Å². The highest BCUT2D eigenvalue weighted by atomic mass is 16.6. The summed E-state index contributed by atoms with van der Waals surface area (Å²) < 4.78 is 12.2. The van der Waals surface area contributed by atoms with E-state index in [2.05, 4.69) is 14.9 Å². The van der Waals surface area contributed by atoms with E-state index in [1.807, 2.05) is 54.6 Å². The fourth-order valence-corrected chi connectivity index (χ4v) is 4.23. The number of hydrogen-bond donors (Lipinski definition) is 0. The summed E-state index contributed by atoms with van der Waals surface area (Å²) in [6.45, 7) is 0.913. The molecule has 0 N–H and O–H groups in total. The van der Waals surface area contributed by atoms with Gasteiger partial charge in [-0.2, -0.15) is 0 Å². The second-order valence-corrected chi connectivity index (χ2v) is 6.87. The number of aromatic nitrogens is 2. The van der Waals surface area contributed by atoms with Gasteiger partial charge in [0, 0.05) is 42.5 Å². The van der Waals surface area contributed by atoms with E-state index in [-0.39, 0.29) is 5.97 Å². The van der Waals surface area contributed by atoms with Crippen LogP contribution in [0.1, 0.15) is 22.8 Å². The highest BCUT2D eigenvalue weighted by molar-refractivity contribution is 5.78. The maximum atomic E-state index is 12.8. The van der Waals surface area contributed by atoms with Crippen molar-refractivity contribution in [1.29, 1.82) is 0 Å². The van der Waals surface area contributed by atoms with Crippen LogP contribution < -0.4 is 0 Å². The van der Waals surface area contributed by atoms with Crippen LogP contribution >= 0.6 is 0 Å². The summed E-state index contributed by atoms with van der Waals surface area (Å²) in [5.41, 5.74) is 1.90. The fraction of sp³-hybridized carbons (Fsp3) is 0.227. The molecule has 2 fully saturated rings. The van der Waals surface area contributed by atoms with E-state index in [0.717, 1.165) is 16.7 Å². The lowest BCUT2D eigenvalue weighted by Crippen LogP contribution is -2.54. The molecule has 6 heteroatoms. The molecule has 0 spiro atoms. The second kappa shape index (κ2) is 6.82. The lowest BCUT2D eigenvalue weighted by Gasteiger charge is -2.40. The van der Waals surface area contributed by atoms with E-state index in [4.69, 9.17) is 9.47 Å². The van der Waals surface area contributed by atoms with Gasteiger partial charge in [-0.05, 0) is 29.8 Å². The van der Waals surface area contributed by atoms with Gasteiger partial charge < -0.3 is 9.47 Å². The Morgan fingerprint density at radius 3 is 2.25 bits per heavy atom. The molecular weight excluding hydrogens is 354 g/mol. The molecule has 28 heavy (non-hydrogen) atoms. The van der Waals surface area contributed by atoms with E-state index in [1.54, 1.807) is 24.8 Å². The summed E-state index contributed by atoms with van der Waals surface area (Å²) in [5, 5.41) is 0. The number of hydrogen-bond acceptors (Lipinski definition) is 6. The number of carbonyl (C=O) groups excluding carboxylic acids is 1. The Morgan fingerprint density at radius 2 is 1.54 bits per heavy atom. The van der Waals surface area contributed by atoms with Crippen LogP contribution in [0.5, 0.6) is 0 Å². The summed E-state index contributed by atoms with van der Waals surface area (Å²) in [4.78, 5) is 23.2. The van der Waals surface area contributed by atoms with Crippen molar-refractivity contribution in [3.63, 3.8) is 0 Å². The van der Waals surface area contributed by atoms with E-state index in [1.165, 1.54) is 0 Å². The minimum Gasteiger partial charge on any atom is -0.463 e. The number of nitrogens with zero attached hydrogens (tertiary/aromatic N) is 3. The van der Waals surface area contributed by atoms with Gasteiger partial charge in [-0.15, -0.1) is 0 Å². The number of fused-ring (bicyclic) bond motifs is 1. The third-order valence-corrected chi connectivity index (χ3v) is 5.41. The summed E-state index contributed by atoms with van der Waals surface area (Å²) in [7, 11) is 0. The zero-order valence-electron chi connectivity index (χ0n) is 15.1. The van der Waals surface area contributed by atoms with E-state index in [0.29, 0.717) is 13.2 Å². The molecule has 0 bridgehead atoms. The number of pyridine rings is 2. The maximum Gasteiger partial charge on any atom is 0.326 e. The molecule has 0 radical (unpaired) electrons. The van der Waals surface area contributed by atoms with Crippen LogP contribution in [-0.4, -0.2) is 40.0 Å². The molecule has 0 saturated carbocycles. The van der Waals surface area contributed by atoms with Crippen LogP contribution in [0.15, 0.2) is 79.4 Å². The largest absolute Gasteiger partial charge is 0.463 e. The monoisotopic (exact) mass is 373 g/mol. The number of carbonyl (C=O) groups is 1. The molecule has 0 unspecified atom stereocenters. The Labute approximate surface area is 162 Å². The lowest BCUT2D eigenvalue weighted by molar-refractivity contribution is -0.159. The van der Waals surface area contributed by atoms with Crippen LogP contribution in [0.2, 0.25) is 0 Å². The topological polar surface area (TPSA) is 64.5 Å². The van der Waals surface area contributed by atoms with Crippen LogP contribution in [0, 0.1) is 0 Å². The van der Waals surface area contributed by atoms with Gasteiger partial charge in [0.05, 0.1) is 0 Å². The van der Waals surface area contributed by atoms with Gasteiger partial charge >= 0.3 is 5.97 Å². The van der Waals surface area contributed by atoms with Crippen LogP contribution in [0.25, 0.3) is 0 Å². The average molecular weight is 373 g/mol. The molecular formula is C22H19N3O3. The minimum atomic E-state index is -0.901. The molecule has 6 nitrogen and oxygen atoms in total. The molecule has 5 rings (SSSR count). The van der Waals surface area contributed by atoms with Crippen molar-refractivity contribution in [3.8, 4) is 0 Å². The highest BCUT2D eigenvalue weighted by Crippen LogP contribution is 2.51. The number of esters is 1. The average Bonchev–Trinajstić information content (AvgIpc) is 3.13. The third-order valence-electron chi connectivity index (χ3n) is 5.41. The summed E-state index contributed by atoms with van der Waals surface area (Å²) in [6.07, 6.45) is 6.46. The Hall–Kier alpha value is -3.09. The van der Waals surface area contributed by atoms with Gasteiger partial charge in [0.15, 0.2) is 5.72 Å². The summed E-state index contributed by atoms with van der Waals surface area (Å²) >= 11 is 0. The molecule has 0 amide bonds. The van der Waals surface area contributed by atoms with Gasteiger partial charge in [-0.1, -0.05) is 30.3 Å². The van der Waals surface area contributed by atoms with Crippen LogP contribution in [0.3, 0.4) is 0 Å². The first kappa shape index (κ1) is 17.0. The van der Waals surface area contributed by atoms with Gasteiger partial charge in [0.1, 0.15) is 18.8 Å². The minimum absolute atomic E-state index is 0.264. The Morgan fingerprint density at radius 1 is 0.893 bits per heavy atom. The smallest absolute Gasteiger partial charge is 0.326 e.